The van der Waals surface area contributed by atoms with Crippen LogP contribution in [0.3, 0.4) is 0 Å². The topological polar surface area (TPSA) is 72.2 Å². The number of nitrogens with one attached hydrogen (secondary N) is 1. The van der Waals surface area contributed by atoms with E-state index in [2.05, 4.69) is 20.6 Å². The van der Waals surface area contributed by atoms with Crippen molar-refractivity contribution in [3.63, 3.8) is 0 Å². The van der Waals surface area contributed by atoms with Crippen molar-refractivity contribution in [3.05, 3.63) is 77.6 Å². The van der Waals surface area contributed by atoms with Gasteiger partial charge in [0.15, 0.2) is 5.65 Å². The molecule has 4 rings (SSSR count). The van der Waals surface area contributed by atoms with Gasteiger partial charge in [-0.25, -0.2) is 0 Å². The Kier molecular flexibility index (Phi) is 3.87. The fraction of sp³-hybridized carbons (Fsp3) is 0. The van der Waals surface area contributed by atoms with Crippen LogP contribution in [0.1, 0.15) is 10.4 Å². The number of hydrogen-bond acceptors (Lipinski definition) is 4. The first-order valence-corrected chi connectivity index (χ1v) is 7.91. The van der Waals surface area contributed by atoms with Crippen LogP contribution in [0.15, 0.2) is 67.0 Å². The molecule has 0 saturated heterocycles. The largest absolute Gasteiger partial charge is 0.322 e. The van der Waals surface area contributed by atoms with E-state index < -0.39 is 0 Å². The molecule has 0 fully saturated rings. The maximum atomic E-state index is 12.2. The number of aromatic nitrogens is 4. The molecule has 0 aliphatic carbocycles. The number of carbonyl (C=O) groups is 1. The minimum absolute atomic E-state index is 0.187. The summed E-state index contributed by atoms with van der Waals surface area (Å²) >= 11 is 5.83. The van der Waals surface area contributed by atoms with Gasteiger partial charge in [-0.15, -0.1) is 10.2 Å². The van der Waals surface area contributed by atoms with Crippen molar-refractivity contribution < 1.29 is 4.79 Å². The lowest BCUT2D eigenvalue weighted by atomic mass is 10.1. The minimum Gasteiger partial charge on any atom is -0.322 e. The maximum Gasteiger partial charge on any atom is 0.255 e. The molecule has 2 heterocycles. The molecule has 2 aromatic heterocycles. The minimum atomic E-state index is -0.187. The lowest BCUT2D eigenvalue weighted by molar-refractivity contribution is 0.102. The SMILES string of the molecule is O=C(Nc1ccc(-c2ccc3nncn3n2)cc1)c1ccc(Cl)cc1. The molecule has 0 radical (unpaired) electrons. The number of hydrogen-bond donors (Lipinski definition) is 1. The van der Waals surface area contributed by atoms with Gasteiger partial charge in [-0.1, -0.05) is 23.7 Å². The Hall–Kier alpha value is -3.25. The molecule has 25 heavy (non-hydrogen) atoms. The molecule has 2 aromatic carbocycles. The molecule has 0 aliphatic rings. The van der Waals surface area contributed by atoms with E-state index in [0.717, 1.165) is 11.3 Å². The van der Waals surface area contributed by atoms with Crippen molar-refractivity contribution in [2.75, 3.05) is 5.32 Å². The molecule has 0 spiro atoms. The van der Waals surface area contributed by atoms with Crippen molar-refractivity contribution in [3.8, 4) is 11.3 Å². The van der Waals surface area contributed by atoms with Gasteiger partial charge in [0.1, 0.15) is 6.33 Å². The molecule has 7 heteroatoms. The van der Waals surface area contributed by atoms with E-state index in [4.69, 9.17) is 11.6 Å². The first-order chi connectivity index (χ1) is 12.2. The number of fused-ring (bicyclic) bond motifs is 1. The van der Waals surface area contributed by atoms with Crippen molar-refractivity contribution >= 4 is 28.8 Å². The van der Waals surface area contributed by atoms with Gasteiger partial charge >= 0.3 is 0 Å². The monoisotopic (exact) mass is 349 g/mol. The highest BCUT2D eigenvalue weighted by Gasteiger charge is 2.07. The van der Waals surface area contributed by atoms with Crippen LogP contribution in [0.5, 0.6) is 0 Å². The lowest BCUT2D eigenvalue weighted by Crippen LogP contribution is -2.11. The molecule has 1 N–H and O–H groups in total. The zero-order valence-corrected chi connectivity index (χ0v) is 13.7. The number of amides is 1. The van der Waals surface area contributed by atoms with Gasteiger partial charge in [-0.2, -0.15) is 9.61 Å². The van der Waals surface area contributed by atoms with E-state index in [1.54, 1.807) is 35.1 Å². The van der Waals surface area contributed by atoms with Gasteiger partial charge in [0.2, 0.25) is 0 Å². The molecule has 0 atom stereocenters. The molecule has 0 unspecified atom stereocenters. The average molecular weight is 350 g/mol. The first-order valence-electron chi connectivity index (χ1n) is 7.53. The lowest BCUT2D eigenvalue weighted by Gasteiger charge is -2.07. The van der Waals surface area contributed by atoms with Crippen LogP contribution in [-0.4, -0.2) is 25.7 Å². The highest BCUT2D eigenvalue weighted by atomic mass is 35.5. The van der Waals surface area contributed by atoms with Gasteiger partial charge in [-0.05, 0) is 48.5 Å². The molecular formula is C18H12ClN5O. The summed E-state index contributed by atoms with van der Waals surface area (Å²) in [7, 11) is 0. The van der Waals surface area contributed by atoms with E-state index >= 15 is 0 Å². The van der Waals surface area contributed by atoms with Crippen molar-refractivity contribution in [1.29, 1.82) is 0 Å². The quantitative estimate of drug-likeness (QED) is 0.612. The molecule has 4 aromatic rings. The van der Waals surface area contributed by atoms with Crippen LogP contribution in [0.2, 0.25) is 5.02 Å². The number of halogens is 1. The second kappa shape index (κ2) is 6.33. The summed E-state index contributed by atoms with van der Waals surface area (Å²) in [6.45, 7) is 0. The number of anilines is 1. The van der Waals surface area contributed by atoms with E-state index in [-0.39, 0.29) is 5.91 Å². The predicted octanol–water partition coefficient (Wildman–Crippen LogP) is 3.70. The summed E-state index contributed by atoms with van der Waals surface area (Å²) < 4.78 is 1.62. The fourth-order valence-electron chi connectivity index (χ4n) is 2.41. The number of carbonyl (C=O) groups excluding carboxylic acids is 1. The first kappa shape index (κ1) is 15.3. The number of benzene rings is 2. The van der Waals surface area contributed by atoms with Crippen LogP contribution < -0.4 is 5.32 Å². The summed E-state index contributed by atoms with van der Waals surface area (Å²) in [6.07, 6.45) is 1.56. The third kappa shape index (κ3) is 3.20. The molecular weight excluding hydrogens is 338 g/mol. The highest BCUT2D eigenvalue weighted by molar-refractivity contribution is 6.30. The number of rotatable bonds is 3. The molecule has 0 aliphatic heterocycles. The smallest absolute Gasteiger partial charge is 0.255 e. The van der Waals surface area contributed by atoms with E-state index in [1.165, 1.54) is 0 Å². The highest BCUT2D eigenvalue weighted by Crippen LogP contribution is 2.20. The average Bonchev–Trinajstić information content (AvgIpc) is 3.10. The summed E-state index contributed by atoms with van der Waals surface area (Å²) in [5, 5.41) is 15.6. The second-order valence-electron chi connectivity index (χ2n) is 5.39. The Morgan fingerprint density at radius 1 is 0.960 bits per heavy atom. The Bertz CT molecular complexity index is 1040. The van der Waals surface area contributed by atoms with Crippen LogP contribution in [0, 0.1) is 0 Å². The Balaban J connectivity index is 1.53. The molecule has 1 amide bonds. The van der Waals surface area contributed by atoms with E-state index in [1.807, 2.05) is 36.4 Å². The van der Waals surface area contributed by atoms with Crippen LogP contribution in [0.4, 0.5) is 5.69 Å². The number of nitrogens with zero attached hydrogens (tertiary/aromatic N) is 4. The maximum absolute atomic E-state index is 12.2. The second-order valence-corrected chi connectivity index (χ2v) is 5.83. The summed E-state index contributed by atoms with van der Waals surface area (Å²) in [4.78, 5) is 12.2. The predicted molar refractivity (Wildman–Crippen MR) is 95.6 cm³/mol. The van der Waals surface area contributed by atoms with Crippen molar-refractivity contribution in [1.82, 2.24) is 19.8 Å². The van der Waals surface area contributed by atoms with Gasteiger partial charge in [0.25, 0.3) is 5.91 Å². The summed E-state index contributed by atoms with van der Waals surface area (Å²) in [5.74, 6) is -0.187. The summed E-state index contributed by atoms with van der Waals surface area (Å²) in [6, 6.07) is 17.9. The van der Waals surface area contributed by atoms with Crippen LogP contribution in [-0.2, 0) is 0 Å². The van der Waals surface area contributed by atoms with Crippen LogP contribution in [0.25, 0.3) is 16.9 Å². The van der Waals surface area contributed by atoms with Crippen LogP contribution >= 0.6 is 11.6 Å². The van der Waals surface area contributed by atoms with Gasteiger partial charge in [0, 0.05) is 21.8 Å². The summed E-state index contributed by atoms with van der Waals surface area (Å²) in [5.41, 5.74) is 3.67. The van der Waals surface area contributed by atoms with E-state index in [0.29, 0.717) is 21.9 Å². The Morgan fingerprint density at radius 2 is 1.72 bits per heavy atom. The van der Waals surface area contributed by atoms with Crippen molar-refractivity contribution in [2.24, 2.45) is 0 Å². The molecule has 0 saturated carbocycles. The van der Waals surface area contributed by atoms with Gasteiger partial charge < -0.3 is 5.32 Å². The Morgan fingerprint density at radius 3 is 2.48 bits per heavy atom. The standard InChI is InChI=1S/C18H12ClN5O/c19-14-5-1-13(2-6-14)18(25)21-15-7-3-12(4-8-15)16-9-10-17-22-20-11-24(17)23-16/h1-11H,(H,21,25). The van der Waals surface area contributed by atoms with E-state index in [9.17, 15) is 4.79 Å². The molecule has 0 bridgehead atoms. The third-order valence-corrected chi connectivity index (χ3v) is 3.96. The fourth-order valence-corrected chi connectivity index (χ4v) is 2.54. The molecule has 122 valence electrons. The van der Waals surface area contributed by atoms with Gasteiger partial charge in [0.05, 0.1) is 5.69 Å². The Labute approximate surface area is 148 Å². The zero-order valence-electron chi connectivity index (χ0n) is 12.9. The third-order valence-electron chi connectivity index (χ3n) is 3.71. The van der Waals surface area contributed by atoms with Gasteiger partial charge in [-0.3, -0.25) is 4.79 Å². The normalized spacial score (nSPS) is 10.8. The zero-order chi connectivity index (χ0) is 17.2. The van der Waals surface area contributed by atoms with Crippen molar-refractivity contribution in [2.45, 2.75) is 0 Å². The molecule has 6 nitrogen and oxygen atoms in total.